The maximum absolute atomic E-state index is 13.2. The number of carbonyl (C=O) groups is 2. The molecule has 1 N–H and O–H groups in total. The van der Waals surface area contributed by atoms with Crippen LogP contribution in [0.1, 0.15) is 15.9 Å². The summed E-state index contributed by atoms with van der Waals surface area (Å²) in [5, 5.41) is 2.75. The monoisotopic (exact) mass is 367 g/mol. The van der Waals surface area contributed by atoms with Crippen LogP contribution in [0.15, 0.2) is 41.3 Å². The molecule has 0 saturated carbocycles. The molecule has 0 spiro atoms. The average Bonchev–Trinajstić information content (AvgIpc) is 2.56. The Morgan fingerprint density at radius 2 is 2.00 bits per heavy atom. The number of carbonyl (C=O) groups excluding carboxylic acids is 2. The van der Waals surface area contributed by atoms with Crippen LogP contribution in [0.5, 0.6) is 0 Å². The first-order valence-electron chi connectivity index (χ1n) is 6.97. The molecule has 0 bridgehead atoms. The number of rotatable bonds is 5. The standard InChI is InChI=1S/C17H15ClFNO3S/c1-10-3-4-11(19)7-15(10)20-16(21)9-23-17(22)13-8-12(24-2)5-6-14(13)18/h3-8H,9H2,1-2H3,(H,20,21). The highest BCUT2D eigenvalue weighted by molar-refractivity contribution is 7.98. The van der Waals surface area contributed by atoms with E-state index in [0.29, 0.717) is 11.3 Å². The molecule has 0 aliphatic rings. The topological polar surface area (TPSA) is 55.4 Å². The number of nitrogens with one attached hydrogen (secondary N) is 1. The minimum atomic E-state index is -0.693. The quantitative estimate of drug-likeness (QED) is 0.632. The van der Waals surface area contributed by atoms with Crippen molar-refractivity contribution in [2.75, 3.05) is 18.2 Å². The molecule has 0 heterocycles. The Morgan fingerprint density at radius 3 is 2.71 bits per heavy atom. The van der Waals surface area contributed by atoms with E-state index in [1.165, 1.54) is 23.9 Å². The highest BCUT2D eigenvalue weighted by Crippen LogP contribution is 2.23. The number of thioether (sulfide) groups is 1. The van der Waals surface area contributed by atoms with E-state index in [9.17, 15) is 14.0 Å². The Labute approximate surface area is 148 Å². The largest absolute Gasteiger partial charge is 0.452 e. The number of aryl methyl sites for hydroxylation is 1. The minimum Gasteiger partial charge on any atom is -0.452 e. The van der Waals surface area contributed by atoms with Crippen LogP contribution in [-0.4, -0.2) is 24.7 Å². The third-order valence-corrected chi connectivity index (χ3v) is 4.26. The number of esters is 1. The summed E-state index contributed by atoms with van der Waals surface area (Å²) in [5.41, 5.74) is 1.23. The molecular weight excluding hydrogens is 353 g/mol. The van der Waals surface area contributed by atoms with Gasteiger partial charge in [0.15, 0.2) is 6.61 Å². The van der Waals surface area contributed by atoms with Crippen molar-refractivity contribution in [1.29, 1.82) is 0 Å². The molecule has 0 aliphatic carbocycles. The summed E-state index contributed by atoms with van der Waals surface area (Å²) in [5.74, 6) is -1.72. The first-order chi connectivity index (χ1) is 11.4. The van der Waals surface area contributed by atoms with Crippen molar-refractivity contribution < 1.29 is 18.7 Å². The fourth-order valence-electron chi connectivity index (χ4n) is 1.91. The molecule has 126 valence electrons. The van der Waals surface area contributed by atoms with Crippen molar-refractivity contribution >= 4 is 40.9 Å². The molecule has 2 aromatic rings. The second-order valence-electron chi connectivity index (χ2n) is 4.93. The number of ether oxygens (including phenoxy) is 1. The fraction of sp³-hybridized carbons (Fsp3) is 0.176. The molecule has 1 amide bonds. The number of hydrogen-bond donors (Lipinski definition) is 1. The Balaban J connectivity index is 1.99. The molecule has 0 aliphatic heterocycles. The van der Waals surface area contributed by atoms with Gasteiger partial charge in [-0.25, -0.2) is 9.18 Å². The van der Waals surface area contributed by atoms with Crippen LogP contribution >= 0.6 is 23.4 Å². The van der Waals surface area contributed by atoms with Crippen molar-refractivity contribution in [2.45, 2.75) is 11.8 Å². The van der Waals surface area contributed by atoms with E-state index in [0.717, 1.165) is 4.90 Å². The van der Waals surface area contributed by atoms with Gasteiger partial charge in [-0.2, -0.15) is 0 Å². The van der Waals surface area contributed by atoms with Crippen LogP contribution < -0.4 is 5.32 Å². The number of benzene rings is 2. The van der Waals surface area contributed by atoms with Gasteiger partial charge in [0.25, 0.3) is 5.91 Å². The smallest absolute Gasteiger partial charge is 0.340 e. The van der Waals surface area contributed by atoms with Crippen LogP contribution in [0.3, 0.4) is 0 Å². The normalized spacial score (nSPS) is 10.3. The Kier molecular flexibility index (Phi) is 6.23. The van der Waals surface area contributed by atoms with Gasteiger partial charge in [-0.1, -0.05) is 17.7 Å². The maximum atomic E-state index is 13.2. The molecule has 4 nitrogen and oxygen atoms in total. The van der Waals surface area contributed by atoms with Gasteiger partial charge in [-0.05, 0) is 49.1 Å². The van der Waals surface area contributed by atoms with Crippen molar-refractivity contribution in [3.8, 4) is 0 Å². The second kappa shape index (κ2) is 8.17. The van der Waals surface area contributed by atoms with Gasteiger partial charge in [0.05, 0.1) is 10.6 Å². The summed E-state index contributed by atoms with van der Waals surface area (Å²) in [4.78, 5) is 24.8. The molecule has 0 saturated heterocycles. The second-order valence-corrected chi connectivity index (χ2v) is 6.22. The van der Waals surface area contributed by atoms with Gasteiger partial charge >= 0.3 is 5.97 Å². The van der Waals surface area contributed by atoms with E-state index in [-0.39, 0.29) is 10.6 Å². The Bertz CT molecular complexity index is 782. The van der Waals surface area contributed by atoms with Crippen molar-refractivity contribution in [1.82, 2.24) is 0 Å². The Morgan fingerprint density at radius 1 is 1.25 bits per heavy atom. The minimum absolute atomic E-state index is 0.193. The SMILES string of the molecule is CSc1ccc(Cl)c(C(=O)OCC(=O)Nc2cc(F)ccc2C)c1. The summed E-state index contributed by atoms with van der Waals surface area (Å²) in [6, 6.07) is 9.03. The predicted molar refractivity (Wildman–Crippen MR) is 93.3 cm³/mol. The molecule has 2 rings (SSSR count). The molecular formula is C17H15ClFNO3S. The molecule has 24 heavy (non-hydrogen) atoms. The van der Waals surface area contributed by atoms with Gasteiger partial charge in [0, 0.05) is 10.6 Å². The van der Waals surface area contributed by atoms with Gasteiger partial charge in [0.1, 0.15) is 5.82 Å². The molecule has 0 unspecified atom stereocenters. The van der Waals surface area contributed by atoms with E-state index in [2.05, 4.69) is 5.32 Å². The first kappa shape index (κ1) is 18.3. The molecule has 2 aromatic carbocycles. The number of anilines is 1. The lowest BCUT2D eigenvalue weighted by atomic mass is 10.2. The van der Waals surface area contributed by atoms with E-state index < -0.39 is 24.3 Å². The lowest BCUT2D eigenvalue weighted by Gasteiger charge is -2.10. The lowest BCUT2D eigenvalue weighted by molar-refractivity contribution is -0.119. The summed E-state index contributed by atoms with van der Waals surface area (Å²) in [7, 11) is 0. The van der Waals surface area contributed by atoms with Gasteiger partial charge in [-0.3, -0.25) is 4.79 Å². The summed E-state index contributed by atoms with van der Waals surface area (Å²) in [6.45, 7) is 1.24. The highest BCUT2D eigenvalue weighted by atomic mass is 35.5. The van der Waals surface area contributed by atoms with Crippen LogP contribution in [0.25, 0.3) is 0 Å². The molecule has 7 heteroatoms. The van der Waals surface area contributed by atoms with E-state index in [1.54, 1.807) is 31.2 Å². The number of hydrogen-bond acceptors (Lipinski definition) is 4. The number of amides is 1. The van der Waals surface area contributed by atoms with E-state index >= 15 is 0 Å². The third-order valence-electron chi connectivity index (χ3n) is 3.20. The van der Waals surface area contributed by atoms with E-state index in [4.69, 9.17) is 16.3 Å². The van der Waals surface area contributed by atoms with E-state index in [1.807, 2.05) is 6.26 Å². The Hall–Kier alpha value is -2.05. The lowest BCUT2D eigenvalue weighted by Crippen LogP contribution is -2.21. The molecule has 0 fully saturated rings. The highest BCUT2D eigenvalue weighted by Gasteiger charge is 2.15. The molecule has 0 atom stereocenters. The third kappa shape index (κ3) is 4.72. The van der Waals surface area contributed by atoms with Gasteiger partial charge in [-0.15, -0.1) is 11.8 Å². The van der Waals surface area contributed by atoms with Crippen LogP contribution in [0.2, 0.25) is 5.02 Å². The summed E-state index contributed by atoms with van der Waals surface area (Å²) < 4.78 is 18.2. The van der Waals surface area contributed by atoms with Crippen LogP contribution in [-0.2, 0) is 9.53 Å². The molecule has 0 aromatic heterocycles. The zero-order valence-corrected chi connectivity index (χ0v) is 14.6. The van der Waals surface area contributed by atoms with Gasteiger partial charge < -0.3 is 10.1 Å². The zero-order valence-electron chi connectivity index (χ0n) is 13.1. The predicted octanol–water partition coefficient (Wildman–Crippen LogP) is 4.30. The zero-order chi connectivity index (χ0) is 17.7. The van der Waals surface area contributed by atoms with Crippen LogP contribution in [0, 0.1) is 12.7 Å². The van der Waals surface area contributed by atoms with Crippen molar-refractivity contribution in [3.63, 3.8) is 0 Å². The van der Waals surface area contributed by atoms with Crippen molar-refractivity contribution in [3.05, 3.63) is 58.4 Å². The summed E-state index contributed by atoms with van der Waals surface area (Å²) in [6.07, 6.45) is 1.87. The van der Waals surface area contributed by atoms with Crippen molar-refractivity contribution in [2.24, 2.45) is 0 Å². The van der Waals surface area contributed by atoms with Crippen LogP contribution in [0.4, 0.5) is 10.1 Å². The molecule has 0 radical (unpaired) electrons. The first-order valence-corrected chi connectivity index (χ1v) is 8.57. The number of halogens is 2. The average molecular weight is 368 g/mol. The summed E-state index contributed by atoms with van der Waals surface area (Å²) >= 11 is 7.44. The maximum Gasteiger partial charge on any atom is 0.340 e. The fourth-order valence-corrected chi connectivity index (χ4v) is 2.55. The van der Waals surface area contributed by atoms with Gasteiger partial charge in [0.2, 0.25) is 0 Å².